The molecule has 0 radical (unpaired) electrons. The molecule has 4 heteroatoms. The summed E-state index contributed by atoms with van der Waals surface area (Å²) in [5.74, 6) is 0. The molecule has 2 aromatic rings. The van der Waals surface area contributed by atoms with E-state index in [-0.39, 0.29) is 12.1 Å². The van der Waals surface area contributed by atoms with Gasteiger partial charge in [-0.2, -0.15) is 0 Å². The van der Waals surface area contributed by atoms with Crippen LogP contribution in [0.1, 0.15) is 42.9 Å². The van der Waals surface area contributed by atoms with Gasteiger partial charge in [-0.1, -0.05) is 54.8 Å². The Labute approximate surface area is 152 Å². The Kier molecular flexibility index (Phi) is 5.56. The summed E-state index contributed by atoms with van der Waals surface area (Å²) < 4.78 is 0.903. The van der Waals surface area contributed by atoms with Gasteiger partial charge in [0.25, 0.3) is 0 Å². The summed E-state index contributed by atoms with van der Waals surface area (Å²) in [7, 11) is 0. The number of carbonyl (C=O) groups excluding carboxylic acids is 1. The van der Waals surface area contributed by atoms with Crippen molar-refractivity contribution in [3.8, 4) is 0 Å². The van der Waals surface area contributed by atoms with Crippen LogP contribution in [0.15, 0.2) is 53.0 Å². The lowest BCUT2D eigenvalue weighted by atomic mass is 10.00. The highest BCUT2D eigenvalue weighted by atomic mass is 79.9. The van der Waals surface area contributed by atoms with Gasteiger partial charge in [0.2, 0.25) is 0 Å². The third-order valence-electron chi connectivity index (χ3n) is 4.59. The number of nitrogens with zero attached hydrogens (tertiary/aromatic N) is 1. The first-order chi connectivity index (χ1) is 11.6. The molecule has 1 N–H and O–H groups in total. The second-order valence-corrected chi connectivity index (χ2v) is 7.23. The van der Waals surface area contributed by atoms with Crippen molar-refractivity contribution in [2.24, 2.45) is 0 Å². The van der Waals surface area contributed by atoms with Crippen LogP contribution in [0.5, 0.6) is 0 Å². The van der Waals surface area contributed by atoms with E-state index in [1.54, 1.807) is 0 Å². The predicted molar refractivity (Wildman–Crippen MR) is 102 cm³/mol. The second kappa shape index (κ2) is 7.84. The van der Waals surface area contributed by atoms with Gasteiger partial charge in [-0.05, 0) is 53.4 Å². The van der Waals surface area contributed by atoms with E-state index in [1.807, 2.05) is 29.2 Å². The summed E-state index contributed by atoms with van der Waals surface area (Å²) in [6.45, 7) is 2.89. The molecule has 2 amide bonds. The van der Waals surface area contributed by atoms with Crippen molar-refractivity contribution in [3.63, 3.8) is 0 Å². The summed E-state index contributed by atoms with van der Waals surface area (Å²) in [6.07, 6.45) is 4.43. The largest absolute Gasteiger partial charge is 0.322 e. The van der Waals surface area contributed by atoms with Gasteiger partial charge in [0.05, 0.1) is 11.7 Å². The molecule has 0 aromatic heterocycles. The number of anilines is 1. The van der Waals surface area contributed by atoms with Crippen LogP contribution in [0.3, 0.4) is 0 Å². The zero-order valence-corrected chi connectivity index (χ0v) is 15.6. The van der Waals surface area contributed by atoms with Crippen molar-refractivity contribution in [2.75, 3.05) is 11.9 Å². The maximum Gasteiger partial charge on any atom is 0.322 e. The number of halogens is 1. The van der Waals surface area contributed by atoms with Gasteiger partial charge in [0.15, 0.2) is 0 Å². The molecule has 0 spiro atoms. The summed E-state index contributed by atoms with van der Waals surface area (Å²) in [5.41, 5.74) is 3.29. The number of carbonyl (C=O) groups is 1. The fraction of sp³-hybridized carbons (Fsp3) is 0.350. The van der Waals surface area contributed by atoms with E-state index in [4.69, 9.17) is 0 Å². The maximum atomic E-state index is 12.9. The Morgan fingerprint density at radius 3 is 2.58 bits per heavy atom. The van der Waals surface area contributed by atoms with Crippen LogP contribution in [-0.2, 0) is 0 Å². The first-order valence-corrected chi connectivity index (χ1v) is 9.33. The van der Waals surface area contributed by atoms with Gasteiger partial charge < -0.3 is 10.2 Å². The molecule has 1 aliphatic heterocycles. The monoisotopic (exact) mass is 386 g/mol. The van der Waals surface area contributed by atoms with Gasteiger partial charge in [0, 0.05) is 11.0 Å². The van der Waals surface area contributed by atoms with Gasteiger partial charge >= 0.3 is 6.03 Å². The molecule has 2 aromatic carbocycles. The van der Waals surface area contributed by atoms with Gasteiger partial charge in [-0.3, -0.25) is 0 Å². The number of rotatable bonds is 2. The van der Waals surface area contributed by atoms with Crippen LogP contribution in [0.25, 0.3) is 0 Å². The molecule has 1 heterocycles. The minimum atomic E-state index is -0.0191. The van der Waals surface area contributed by atoms with E-state index in [9.17, 15) is 4.79 Å². The fourth-order valence-electron chi connectivity index (χ4n) is 3.24. The van der Waals surface area contributed by atoms with Crippen molar-refractivity contribution in [3.05, 3.63) is 64.1 Å². The number of benzene rings is 2. The summed E-state index contributed by atoms with van der Waals surface area (Å²) in [5, 5.41) is 3.06. The molecular weight excluding hydrogens is 364 g/mol. The van der Waals surface area contributed by atoms with E-state index >= 15 is 0 Å². The normalized spacial score (nSPS) is 18.1. The van der Waals surface area contributed by atoms with Crippen LogP contribution in [0.4, 0.5) is 10.5 Å². The summed E-state index contributed by atoms with van der Waals surface area (Å²) >= 11 is 3.50. The average molecular weight is 387 g/mol. The molecule has 0 bridgehead atoms. The number of para-hydroxylation sites is 1. The summed E-state index contributed by atoms with van der Waals surface area (Å²) in [4.78, 5) is 14.9. The Morgan fingerprint density at radius 1 is 1.08 bits per heavy atom. The molecule has 3 nitrogen and oxygen atoms in total. The molecular formula is C20H23BrN2O. The minimum absolute atomic E-state index is 0.0191. The SMILES string of the molecule is Cc1ccc(C2CCCCCN2C(=O)Nc2ccccc2Br)cc1. The topological polar surface area (TPSA) is 32.3 Å². The van der Waals surface area contributed by atoms with Crippen LogP contribution >= 0.6 is 15.9 Å². The number of amides is 2. The maximum absolute atomic E-state index is 12.9. The lowest BCUT2D eigenvalue weighted by Gasteiger charge is -2.31. The summed E-state index contributed by atoms with van der Waals surface area (Å²) in [6, 6.07) is 16.4. The van der Waals surface area contributed by atoms with Crippen molar-refractivity contribution >= 4 is 27.6 Å². The van der Waals surface area contributed by atoms with Crippen molar-refractivity contribution in [2.45, 2.75) is 38.6 Å². The van der Waals surface area contributed by atoms with Crippen molar-refractivity contribution in [1.82, 2.24) is 4.90 Å². The zero-order chi connectivity index (χ0) is 16.9. The highest BCUT2D eigenvalue weighted by Gasteiger charge is 2.27. The molecule has 0 saturated carbocycles. The third kappa shape index (κ3) is 3.99. The van der Waals surface area contributed by atoms with E-state index in [1.165, 1.54) is 17.5 Å². The molecule has 3 rings (SSSR count). The van der Waals surface area contributed by atoms with E-state index in [0.29, 0.717) is 0 Å². The fourth-order valence-corrected chi connectivity index (χ4v) is 3.62. The van der Waals surface area contributed by atoms with Crippen molar-refractivity contribution < 1.29 is 4.79 Å². The minimum Gasteiger partial charge on any atom is -0.317 e. The first-order valence-electron chi connectivity index (χ1n) is 8.54. The van der Waals surface area contributed by atoms with Crippen LogP contribution in [0, 0.1) is 6.92 Å². The number of hydrogen-bond donors (Lipinski definition) is 1. The molecule has 1 unspecified atom stereocenters. The molecule has 1 fully saturated rings. The molecule has 126 valence electrons. The average Bonchev–Trinajstić information content (AvgIpc) is 2.84. The molecule has 1 saturated heterocycles. The van der Waals surface area contributed by atoms with E-state index in [0.717, 1.165) is 36.0 Å². The van der Waals surface area contributed by atoms with Crippen LogP contribution in [-0.4, -0.2) is 17.5 Å². The molecule has 1 atom stereocenters. The van der Waals surface area contributed by atoms with Gasteiger partial charge in [-0.15, -0.1) is 0 Å². The Morgan fingerprint density at radius 2 is 1.83 bits per heavy atom. The van der Waals surface area contributed by atoms with E-state index in [2.05, 4.69) is 52.4 Å². The molecule has 24 heavy (non-hydrogen) atoms. The predicted octanol–water partition coefficient (Wildman–Crippen LogP) is 5.91. The Bertz CT molecular complexity index is 699. The highest BCUT2D eigenvalue weighted by molar-refractivity contribution is 9.10. The molecule has 1 aliphatic rings. The Hall–Kier alpha value is -1.81. The standard InChI is InChI=1S/C20H23BrN2O/c1-15-10-12-16(13-11-15)19-9-3-2-6-14-23(19)20(24)22-18-8-5-4-7-17(18)21/h4-5,7-8,10-13,19H,2-3,6,9,14H2,1H3,(H,22,24). The molecule has 0 aliphatic carbocycles. The quantitative estimate of drug-likeness (QED) is 0.683. The van der Waals surface area contributed by atoms with Crippen LogP contribution < -0.4 is 5.32 Å². The van der Waals surface area contributed by atoms with Crippen LogP contribution in [0.2, 0.25) is 0 Å². The smallest absolute Gasteiger partial charge is 0.317 e. The Balaban J connectivity index is 1.82. The zero-order valence-electron chi connectivity index (χ0n) is 14.0. The number of nitrogens with one attached hydrogen (secondary N) is 1. The highest BCUT2D eigenvalue weighted by Crippen LogP contribution is 2.31. The second-order valence-electron chi connectivity index (χ2n) is 6.38. The number of hydrogen-bond acceptors (Lipinski definition) is 1. The number of aryl methyl sites for hydroxylation is 1. The lowest BCUT2D eigenvalue weighted by Crippen LogP contribution is -2.38. The van der Waals surface area contributed by atoms with E-state index < -0.39 is 0 Å². The lowest BCUT2D eigenvalue weighted by molar-refractivity contribution is 0.189. The van der Waals surface area contributed by atoms with Gasteiger partial charge in [0.1, 0.15) is 0 Å². The first kappa shape index (κ1) is 17.0. The number of urea groups is 1. The number of likely N-dealkylation sites (tertiary alicyclic amines) is 1. The van der Waals surface area contributed by atoms with Crippen molar-refractivity contribution in [1.29, 1.82) is 0 Å². The third-order valence-corrected chi connectivity index (χ3v) is 5.28. The van der Waals surface area contributed by atoms with Gasteiger partial charge in [-0.25, -0.2) is 4.79 Å².